The summed E-state index contributed by atoms with van der Waals surface area (Å²) in [5.74, 6) is 0.689. The Bertz CT molecular complexity index is 819. The van der Waals surface area contributed by atoms with E-state index in [1.54, 1.807) is 29.6 Å². The molecule has 3 aromatic heterocycles. The van der Waals surface area contributed by atoms with Gasteiger partial charge in [0.05, 0.1) is 11.9 Å². The van der Waals surface area contributed by atoms with Crippen LogP contribution < -0.4 is 10.6 Å². The maximum absolute atomic E-state index is 13.1. The monoisotopic (exact) mass is 337 g/mol. The molecule has 0 atom stereocenters. The summed E-state index contributed by atoms with van der Waals surface area (Å²) in [5, 5.41) is 10.6. The Balaban J connectivity index is 1.55. The van der Waals surface area contributed by atoms with E-state index >= 15 is 0 Å². The van der Waals surface area contributed by atoms with E-state index in [2.05, 4.69) is 25.7 Å². The molecule has 0 bridgehead atoms. The lowest BCUT2D eigenvalue weighted by molar-refractivity contribution is -0.126. The topological polar surface area (TPSA) is 89.7 Å². The van der Waals surface area contributed by atoms with Gasteiger partial charge in [0.2, 0.25) is 0 Å². The molecule has 4 rings (SSSR count). The van der Waals surface area contributed by atoms with Gasteiger partial charge in [-0.25, -0.2) is 9.97 Å². The summed E-state index contributed by atoms with van der Waals surface area (Å²) in [4.78, 5) is 21.4. The largest absolute Gasteiger partial charge is 0.323 e. The van der Waals surface area contributed by atoms with Crippen molar-refractivity contribution in [3.05, 3.63) is 55.5 Å². The van der Waals surface area contributed by atoms with Crippen molar-refractivity contribution >= 4 is 11.6 Å². The van der Waals surface area contributed by atoms with Crippen LogP contribution in [-0.4, -0.2) is 43.3 Å². The van der Waals surface area contributed by atoms with E-state index in [1.807, 2.05) is 35.2 Å². The molecule has 2 N–H and O–H groups in total. The number of pyridine rings is 1. The van der Waals surface area contributed by atoms with E-state index in [9.17, 15) is 4.79 Å². The van der Waals surface area contributed by atoms with Gasteiger partial charge in [0, 0.05) is 24.8 Å². The van der Waals surface area contributed by atoms with Crippen molar-refractivity contribution in [3.8, 4) is 5.82 Å². The number of amides is 1. The van der Waals surface area contributed by atoms with Crippen molar-refractivity contribution in [1.29, 1.82) is 0 Å². The molecular weight excluding hydrogens is 318 g/mol. The minimum absolute atomic E-state index is 0.0603. The Morgan fingerprint density at radius 3 is 2.72 bits per heavy atom. The van der Waals surface area contributed by atoms with E-state index in [4.69, 9.17) is 0 Å². The number of anilines is 1. The Kier molecular flexibility index (Phi) is 4.02. The molecule has 1 aliphatic heterocycles. The van der Waals surface area contributed by atoms with E-state index in [0.29, 0.717) is 18.5 Å². The summed E-state index contributed by atoms with van der Waals surface area (Å²) in [6, 6.07) is 5.54. The molecule has 3 aromatic rings. The van der Waals surface area contributed by atoms with Crippen LogP contribution in [0.25, 0.3) is 5.82 Å². The van der Waals surface area contributed by atoms with Crippen LogP contribution >= 0.6 is 0 Å². The second-order valence-electron chi connectivity index (χ2n) is 6.06. The SMILES string of the molecule is O=C(Nc1ccc(-n2ccnc2)nc1)C1(n2cccn2)CCNCC1. The first-order valence-electron chi connectivity index (χ1n) is 8.25. The number of carbonyl (C=O) groups is 1. The van der Waals surface area contributed by atoms with Gasteiger partial charge < -0.3 is 10.6 Å². The molecule has 0 aromatic carbocycles. The van der Waals surface area contributed by atoms with E-state index in [1.165, 1.54) is 0 Å². The number of piperidine rings is 1. The number of rotatable bonds is 4. The fraction of sp³-hybridized carbons (Fsp3) is 0.294. The van der Waals surface area contributed by atoms with Crippen molar-refractivity contribution in [3.63, 3.8) is 0 Å². The van der Waals surface area contributed by atoms with E-state index in [0.717, 1.165) is 18.9 Å². The van der Waals surface area contributed by atoms with Crippen molar-refractivity contribution in [2.45, 2.75) is 18.4 Å². The van der Waals surface area contributed by atoms with Gasteiger partial charge in [0.15, 0.2) is 0 Å². The lowest BCUT2D eigenvalue weighted by Gasteiger charge is -2.36. The summed E-state index contributed by atoms with van der Waals surface area (Å²) in [6.07, 6.45) is 11.8. The first kappa shape index (κ1) is 15.5. The van der Waals surface area contributed by atoms with E-state index in [-0.39, 0.29) is 5.91 Å². The van der Waals surface area contributed by atoms with Crippen LogP contribution in [0.15, 0.2) is 55.5 Å². The summed E-state index contributed by atoms with van der Waals surface area (Å²) in [6.45, 7) is 1.57. The van der Waals surface area contributed by atoms with Gasteiger partial charge >= 0.3 is 0 Å². The zero-order valence-electron chi connectivity index (χ0n) is 13.7. The third-order valence-electron chi connectivity index (χ3n) is 4.57. The summed E-state index contributed by atoms with van der Waals surface area (Å²) >= 11 is 0. The molecule has 0 saturated carbocycles. The first-order chi connectivity index (χ1) is 12.3. The molecule has 0 unspecified atom stereocenters. The minimum atomic E-state index is -0.669. The predicted octanol–water partition coefficient (Wildman–Crippen LogP) is 1.18. The number of carbonyl (C=O) groups excluding carboxylic acids is 1. The van der Waals surface area contributed by atoms with Crippen molar-refractivity contribution in [2.24, 2.45) is 0 Å². The highest BCUT2D eigenvalue weighted by atomic mass is 16.2. The third-order valence-corrected chi connectivity index (χ3v) is 4.57. The Morgan fingerprint density at radius 1 is 1.20 bits per heavy atom. The van der Waals surface area contributed by atoms with Crippen molar-refractivity contribution in [2.75, 3.05) is 18.4 Å². The zero-order valence-corrected chi connectivity index (χ0v) is 13.7. The van der Waals surface area contributed by atoms with Crippen LogP contribution in [-0.2, 0) is 10.3 Å². The molecule has 4 heterocycles. The van der Waals surface area contributed by atoms with Crippen molar-refractivity contribution in [1.82, 2.24) is 29.6 Å². The second-order valence-corrected chi connectivity index (χ2v) is 6.06. The highest BCUT2D eigenvalue weighted by Gasteiger charge is 2.42. The van der Waals surface area contributed by atoms with Gasteiger partial charge in [-0.1, -0.05) is 0 Å². The average molecular weight is 337 g/mol. The molecule has 8 heteroatoms. The quantitative estimate of drug-likeness (QED) is 0.746. The lowest BCUT2D eigenvalue weighted by atomic mass is 9.87. The maximum atomic E-state index is 13.1. The predicted molar refractivity (Wildman–Crippen MR) is 92.3 cm³/mol. The molecule has 25 heavy (non-hydrogen) atoms. The number of hydrogen-bond acceptors (Lipinski definition) is 5. The molecule has 1 fully saturated rings. The molecule has 0 aliphatic carbocycles. The Labute approximate surface area is 144 Å². The number of nitrogens with one attached hydrogen (secondary N) is 2. The number of imidazole rings is 1. The van der Waals surface area contributed by atoms with Gasteiger partial charge in [-0.3, -0.25) is 14.0 Å². The standard InChI is InChI=1S/C17H19N7O/c25-16(17(4-7-18-8-5-17)24-10-1-6-21-24)22-14-2-3-15(20-12-14)23-11-9-19-13-23/h1-3,6,9-13,18H,4-5,7-8H2,(H,22,25). The molecule has 1 saturated heterocycles. The third kappa shape index (κ3) is 2.91. The molecule has 8 nitrogen and oxygen atoms in total. The number of aromatic nitrogens is 5. The Hall–Kier alpha value is -3.00. The molecule has 1 aliphatic rings. The molecule has 128 valence electrons. The summed E-state index contributed by atoms with van der Waals surface area (Å²) in [7, 11) is 0. The van der Waals surface area contributed by atoms with Gasteiger partial charge in [0.1, 0.15) is 17.7 Å². The second kappa shape index (κ2) is 6.48. The van der Waals surface area contributed by atoms with Gasteiger partial charge in [-0.05, 0) is 44.1 Å². The van der Waals surface area contributed by atoms with Gasteiger partial charge in [0.25, 0.3) is 5.91 Å². The zero-order chi connectivity index (χ0) is 17.1. The van der Waals surface area contributed by atoms with Gasteiger partial charge in [-0.2, -0.15) is 5.10 Å². The molecular formula is C17H19N7O. The van der Waals surface area contributed by atoms with Crippen LogP contribution in [0.2, 0.25) is 0 Å². The fourth-order valence-corrected chi connectivity index (χ4v) is 3.18. The van der Waals surface area contributed by atoms with Crippen LogP contribution in [0.3, 0.4) is 0 Å². The first-order valence-corrected chi connectivity index (χ1v) is 8.25. The number of hydrogen-bond donors (Lipinski definition) is 2. The van der Waals surface area contributed by atoms with Crippen LogP contribution in [0.4, 0.5) is 5.69 Å². The van der Waals surface area contributed by atoms with Crippen LogP contribution in [0.5, 0.6) is 0 Å². The normalized spacial score (nSPS) is 16.5. The summed E-state index contributed by atoms with van der Waals surface area (Å²) < 4.78 is 3.58. The highest BCUT2D eigenvalue weighted by molar-refractivity contribution is 5.96. The fourth-order valence-electron chi connectivity index (χ4n) is 3.18. The lowest BCUT2D eigenvalue weighted by Crippen LogP contribution is -2.52. The summed E-state index contributed by atoms with van der Waals surface area (Å²) in [5.41, 5.74) is -0.00320. The Morgan fingerprint density at radius 2 is 2.08 bits per heavy atom. The molecule has 0 spiro atoms. The van der Waals surface area contributed by atoms with Gasteiger partial charge in [-0.15, -0.1) is 0 Å². The van der Waals surface area contributed by atoms with Crippen LogP contribution in [0, 0.1) is 0 Å². The van der Waals surface area contributed by atoms with E-state index < -0.39 is 5.54 Å². The maximum Gasteiger partial charge on any atom is 0.252 e. The number of nitrogens with zero attached hydrogens (tertiary/aromatic N) is 5. The minimum Gasteiger partial charge on any atom is -0.323 e. The molecule has 1 amide bonds. The smallest absolute Gasteiger partial charge is 0.252 e. The van der Waals surface area contributed by atoms with Crippen LogP contribution in [0.1, 0.15) is 12.8 Å². The highest BCUT2D eigenvalue weighted by Crippen LogP contribution is 2.28. The average Bonchev–Trinajstić information content (AvgIpc) is 3.37. The van der Waals surface area contributed by atoms with Crippen molar-refractivity contribution < 1.29 is 4.79 Å². The molecule has 0 radical (unpaired) electrons.